The van der Waals surface area contributed by atoms with Crippen LogP contribution >= 0.6 is 11.3 Å². The zero-order valence-corrected chi connectivity index (χ0v) is 15.4. The quantitative estimate of drug-likeness (QED) is 0.473. The zero-order chi connectivity index (χ0) is 18.4. The summed E-state index contributed by atoms with van der Waals surface area (Å²) in [7, 11) is 3.34. The van der Waals surface area contributed by atoms with Crippen molar-refractivity contribution in [2.75, 3.05) is 20.8 Å². The van der Waals surface area contributed by atoms with Gasteiger partial charge in [0, 0.05) is 7.05 Å². The summed E-state index contributed by atoms with van der Waals surface area (Å²) in [4.78, 5) is 23.4. The molecule has 2 aromatic carbocycles. The molecule has 0 spiro atoms. The van der Waals surface area contributed by atoms with Crippen molar-refractivity contribution in [2.24, 2.45) is 5.16 Å². The highest BCUT2D eigenvalue weighted by Crippen LogP contribution is 2.22. The lowest BCUT2D eigenvalue weighted by Crippen LogP contribution is -2.29. The third kappa shape index (κ3) is 4.58. The summed E-state index contributed by atoms with van der Waals surface area (Å²) in [5.74, 6) is 0.617. The van der Waals surface area contributed by atoms with Crippen LogP contribution < -0.4 is 4.74 Å². The van der Waals surface area contributed by atoms with Crippen LogP contribution in [0, 0.1) is 0 Å². The van der Waals surface area contributed by atoms with Crippen LogP contribution in [0.25, 0.3) is 10.2 Å². The number of hydrogen-bond donors (Lipinski definition) is 0. The van der Waals surface area contributed by atoms with Gasteiger partial charge in [0.1, 0.15) is 10.8 Å². The summed E-state index contributed by atoms with van der Waals surface area (Å²) in [6.07, 6.45) is 1.56. The van der Waals surface area contributed by atoms with Gasteiger partial charge in [0.15, 0.2) is 6.61 Å². The minimum Gasteiger partial charge on any atom is -0.497 e. The largest absolute Gasteiger partial charge is 0.497 e. The van der Waals surface area contributed by atoms with Crippen molar-refractivity contribution < 1.29 is 14.4 Å². The normalized spacial score (nSPS) is 11.0. The molecule has 0 N–H and O–H groups in total. The van der Waals surface area contributed by atoms with Crippen molar-refractivity contribution in [1.29, 1.82) is 0 Å². The smallest absolute Gasteiger partial charge is 0.263 e. The number of rotatable bonds is 7. The molecule has 0 fully saturated rings. The summed E-state index contributed by atoms with van der Waals surface area (Å²) < 4.78 is 6.20. The highest BCUT2D eigenvalue weighted by Gasteiger charge is 2.12. The van der Waals surface area contributed by atoms with E-state index in [2.05, 4.69) is 10.1 Å². The number of oxime groups is 1. The Morgan fingerprint density at radius 1 is 1.23 bits per heavy atom. The third-order valence-corrected chi connectivity index (χ3v) is 4.74. The van der Waals surface area contributed by atoms with Gasteiger partial charge >= 0.3 is 0 Å². The van der Waals surface area contributed by atoms with Crippen LogP contribution in [-0.2, 0) is 16.2 Å². The van der Waals surface area contributed by atoms with E-state index in [1.807, 2.05) is 48.5 Å². The van der Waals surface area contributed by atoms with Gasteiger partial charge in [0.05, 0.1) is 30.1 Å². The number of para-hydroxylation sites is 1. The fourth-order valence-corrected chi connectivity index (χ4v) is 3.29. The van der Waals surface area contributed by atoms with Crippen molar-refractivity contribution in [3.05, 3.63) is 59.1 Å². The topological polar surface area (TPSA) is 64.0 Å². The third-order valence-electron chi connectivity index (χ3n) is 3.72. The standard InChI is InChI=1S/C19H19N3O3S/c1-22(12-18-21-16-5-3-4-6-17(16)26-18)19(23)13-25-20-11-14-7-9-15(24-2)10-8-14/h3-11H,12-13H2,1-2H3/b20-11-. The number of amides is 1. The SMILES string of the molecule is COc1ccc(/C=N\OCC(=O)N(C)Cc2nc3ccccc3s2)cc1. The molecule has 3 aromatic rings. The van der Waals surface area contributed by atoms with Crippen LogP contribution in [0.4, 0.5) is 0 Å². The van der Waals surface area contributed by atoms with Crippen LogP contribution in [0.5, 0.6) is 5.75 Å². The minimum atomic E-state index is -0.156. The van der Waals surface area contributed by atoms with Crippen LogP contribution in [0.15, 0.2) is 53.7 Å². The molecular weight excluding hydrogens is 350 g/mol. The minimum absolute atomic E-state index is 0.117. The lowest BCUT2D eigenvalue weighted by Gasteiger charge is -2.14. The molecule has 0 aliphatic rings. The first-order chi connectivity index (χ1) is 12.7. The van der Waals surface area contributed by atoms with Gasteiger partial charge < -0.3 is 14.5 Å². The lowest BCUT2D eigenvalue weighted by atomic mass is 10.2. The summed E-state index contributed by atoms with van der Waals surface area (Å²) in [6, 6.07) is 15.3. The number of methoxy groups -OCH3 is 1. The molecule has 0 aliphatic heterocycles. The number of aromatic nitrogens is 1. The van der Waals surface area contributed by atoms with Gasteiger partial charge in [-0.2, -0.15) is 0 Å². The first-order valence-electron chi connectivity index (χ1n) is 8.03. The number of thiazole rings is 1. The first-order valence-corrected chi connectivity index (χ1v) is 8.85. The number of benzene rings is 2. The van der Waals surface area contributed by atoms with Crippen LogP contribution in [-0.4, -0.2) is 42.8 Å². The van der Waals surface area contributed by atoms with Gasteiger partial charge in [-0.1, -0.05) is 17.3 Å². The van der Waals surface area contributed by atoms with Crippen molar-refractivity contribution in [2.45, 2.75) is 6.54 Å². The summed E-state index contributed by atoms with van der Waals surface area (Å²) in [6.45, 7) is 0.331. The molecule has 1 aromatic heterocycles. The number of carbonyl (C=O) groups excluding carboxylic acids is 1. The molecule has 6 nitrogen and oxygen atoms in total. The molecule has 1 amide bonds. The second-order valence-corrected chi connectivity index (χ2v) is 6.72. The molecule has 0 bridgehead atoms. The fourth-order valence-electron chi connectivity index (χ4n) is 2.27. The lowest BCUT2D eigenvalue weighted by molar-refractivity contribution is -0.135. The number of likely N-dealkylation sites (N-methyl/N-ethyl adjacent to an activating group) is 1. The van der Waals surface area contributed by atoms with Crippen molar-refractivity contribution in [3.63, 3.8) is 0 Å². The van der Waals surface area contributed by atoms with E-state index in [1.165, 1.54) is 0 Å². The molecular formula is C19H19N3O3S. The van der Waals surface area contributed by atoms with Gasteiger partial charge in [0.2, 0.25) is 0 Å². The van der Waals surface area contributed by atoms with E-state index in [4.69, 9.17) is 9.57 Å². The van der Waals surface area contributed by atoms with Gasteiger partial charge in [0.25, 0.3) is 5.91 Å². The molecule has 0 aliphatic carbocycles. The Labute approximate surface area is 155 Å². The number of carbonyl (C=O) groups is 1. The maximum atomic E-state index is 12.1. The van der Waals surface area contributed by atoms with Gasteiger partial charge in [-0.25, -0.2) is 4.98 Å². The van der Waals surface area contributed by atoms with Crippen molar-refractivity contribution in [1.82, 2.24) is 9.88 Å². The molecule has 0 unspecified atom stereocenters. The van der Waals surface area contributed by atoms with Gasteiger partial charge in [-0.3, -0.25) is 4.79 Å². The maximum absolute atomic E-state index is 12.1. The Hall–Kier alpha value is -2.93. The Morgan fingerprint density at radius 3 is 2.73 bits per heavy atom. The Bertz CT molecular complexity index is 873. The van der Waals surface area contributed by atoms with Crippen LogP contribution in [0.3, 0.4) is 0 Å². The highest BCUT2D eigenvalue weighted by atomic mass is 32.1. The van der Waals surface area contributed by atoms with Crippen LogP contribution in [0.1, 0.15) is 10.6 Å². The van der Waals surface area contributed by atoms with E-state index in [-0.39, 0.29) is 12.5 Å². The average molecular weight is 369 g/mol. The summed E-state index contributed by atoms with van der Waals surface area (Å²) >= 11 is 1.59. The van der Waals surface area contributed by atoms with E-state index >= 15 is 0 Å². The highest BCUT2D eigenvalue weighted by molar-refractivity contribution is 7.18. The van der Waals surface area contributed by atoms with Crippen LogP contribution in [0.2, 0.25) is 0 Å². The Morgan fingerprint density at radius 2 is 2.00 bits per heavy atom. The van der Waals surface area contributed by atoms with E-state index in [9.17, 15) is 4.79 Å². The second-order valence-electron chi connectivity index (χ2n) is 5.61. The predicted octanol–water partition coefficient (Wildman–Crippen LogP) is 3.31. The summed E-state index contributed by atoms with van der Waals surface area (Å²) in [5.41, 5.74) is 1.81. The van der Waals surface area contributed by atoms with Crippen molar-refractivity contribution >= 4 is 33.7 Å². The predicted molar refractivity (Wildman–Crippen MR) is 103 cm³/mol. The molecule has 26 heavy (non-hydrogen) atoms. The fraction of sp³-hybridized carbons (Fsp3) is 0.211. The number of hydrogen-bond acceptors (Lipinski definition) is 6. The molecule has 7 heteroatoms. The summed E-state index contributed by atoms with van der Waals surface area (Å²) in [5, 5.41) is 4.73. The van der Waals surface area contributed by atoms with E-state index in [0.29, 0.717) is 6.54 Å². The van der Waals surface area contributed by atoms with Gasteiger partial charge in [-0.15, -0.1) is 11.3 Å². The van der Waals surface area contributed by atoms with E-state index in [0.717, 1.165) is 26.5 Å². The van der Waals surface area contributed by atoms with Gasteiger partial charge in [-0.05, 0) is 42.0 Å². The average Bonchev–Trinajstić information content (AvgIpc) is 3.07. The molecule has 0 saturated carbocycles. The molecule has 0 atom stereocenters. The molecule has 134 valence electrons. The molecule has 1 heterocycles. The molecule has 3 rings (SSSR count). The maximum Gasteiger partial charge on any atom is 0.263 e. The van der Waals surface area contributed by atoms with E-state index in [1.54, 1.807) is 36.6 Å². The van der Waals surface area contributed by atoms with Crippen molar-refractivity contribution in [3.8, 4) is 5.75 Å². The number of fused-ring (bicyclic) bond motifs is 1. The zero-order valence-electron chi connectivity index (χ0n) is 14.6. The molecule has 0 saturated heterocycles. The Kier molecular flexibility index (Phi) is 5.80. The Balaban J connectivity index is 1.48. The number of nitrogens with zero attached hydrogens (tertiary/aromatic N) is 3. The monoisotopic (exact) mass is 369 g/mol. The second kappa shape index (κ2) is 8.44. The number of ether oxygens (including phenoxy) is 1. The molecule has 0 radical (unpaired) electrons. The first kappa shape index (κ1) is 17.9. The van der Waals surface area contributed by atoms with E-state index < -0.39 is 0 Å².